The minimum absolute atomic E-state index is 0.231. The van der Waals surface area contributed by atoms with Gasteiger partial charge in [0.1, 0.15) is 5.82 Å². The molecule has 0 fully saturated rings. The number of benzene rings is 2. The fourth-order valence-corrected chi connectivity index (χ4v) is 2.04. The predicted octanol–water partition coefficient (Wildman–Crippen LogP) is 2.70. The molecule has 3 aromatic rings. The largest absolute Gasteiger partial charge is 0.399 e. The summed E-state index contributed by atoms with van der Waals surface area (Å²) in [5.41, 5.74) is 6.98. The highest BCUT2D eigenvalue weighted by atomic mass is 35.5. The fraction of sp³-hybridized carbons (Fsp3) is 0. The number of tetrazole rings is 1. The smallest absolute Gasteiger partial charge is 0.190 e. The molecule has 0 aliphatic heterocycles. The Kier molecular flexibility index (Phi) is 3.08. The van der Waals surface area contributed by atoms with Crippen molar-refractivity contribution in [3.8, 4) is 17.1 Å². The number of rotatable bonds is 2. The zero-order valence-corrected chi connectivity index (χ0v) is 10.9. The lowest BCUT2D eigenvalue weighted by Gasteiger charge is -2.06. The van der Waals surface area contributed by atoms with Gasteiger partial charge < -0.3 is 5.73 Å². The summed E-state index contributed by atoms with van der Waals surface area (Å²) in [5, 5.41) is 11.8. The van der Waals surface area contributed by atoms with E-state index in [1.54, 1.807) is 24.3 Å². The first kappa shape index (κ1) is 12.6. The summed E-state index contributed by atoms with van der Waals surface area (Å²) < 4.78 is 15.3. The molecule has 0 aliphatic carbocycles. The first-order valence-electron chi connectivity index (χ1n) is 5.75. The molecule has 0 amide bonds. The van der Waals surface area contributed by atoms with E-state index in [0.717, 1.165) is 0 Å². The van der Waals surface area contributed by atoms with Crippen LogP contribution in [-0.4, -0.2) is 20.2 Å². The van der Waals surface area contributed by atoms with Gasteiger partial charge >= 0.3 is 0 Å². The molecule has 100 valence electrons. The van der Waals surface area contributed by atoms with Crippen molar-refractivity contribution in [2.24, 2.45) is 0 Å². The quantitative estimate of drug-likeness (QED) is 0.736. The van der Waals surface area contributed by atoms with Crippen LogP contribution in [0.3, 0.4) is 0 Å². The molecule has 1 heterocycles. The maximum Gasteiger partial charge on any atom is 0.190 e. The van der Waals surface area contributed by atoms with Crippen LogP contribution in [-0.2, 0) is 0 Å². The Hall–Kier alpha value is -2.47. The fourth-order valence-electron chi connectivity index (χ4n) is 1.85. The number of nitrogen functional groups attached to an aromatic ring is 1. The van der Waals surface area contributed by atoms with Gasteiger partial charge in [-0.1, -0.05) is 17.7 Å². The van der Waals surface area contributed by atoms with Crippen LogP contribution in [0.15, 0.2) is 42.5 Å². The molecule has 0 radical (unpaired) electrons. The highest BCUT2D eigenvalue weighted by Gasteiger charge is 2.15. The Morgan fingerprint density at radius 1 is 1.15 bits per heavy atom. The SMILES string of the molecule is Nc1ccc(F)c(-c2nnnn2-c2cccc(Cl)c2)c1. The van der Waals surface area contributed by atoms with Gasteiger partial charge in [0.05, 0.1) is 11.3 Å². The van der Waals surface area contributed by atoms with Crippen LogP contribution in [0.1, 0.15) is 0 Å². The number of hydrogen-bond donors (Lipinski definition) is 1. The summed E-state index contributed by atoms with van der Waals surface area (Å²) in [6.07, 6.45) is 0. The topological polar surface area (TPSA) is 69.6 Å². The molecule has 0 saturated heterocycles. The van der Waals surface area contributed by atoms with Gasteiger partial charge in [-0.25, -0.2) is 4.39 Å². The van der Waals surface area contributed by atoms with Crippen LogP contribution in [0.2, 0.25) is 5.02 Å². The number of aromatic nitrogens is 4. The minimum atomic E-state index is -0.447. The van der Waals surface area contributed by atoms with Crippen molar-refractivity contribution in [1.82, 2.24) is 20.2 Å². The van der Waals surface area contributed by atoms with Crippen LogP contribution in [0.5, 0.6) is 0 Å². The average Bonchev–Trinajstić information content (AvgIpc) is 2.90. The minimum Gasteiger partial charge on any atom is -0.399 e. The van der Waals surface area contributed by atoms with E-state index in [9.17, 15) is 4.39 Å². The summed E-state index contributed by atoms with van der Waals surface area (Å²) in [4.78, 5) is 0. The Balaban J connectivity index is 2.18. The standard InChI is InChI=1S/C13H9ClFN5/c14-8-2-1-3-10(6-8)20-13(17-18-19-20)11-7-9(16)4-5-12(11)15/h1-7H,16H2. The maximum absolute atomic E-state index is 13.9. The molecule has 2 N–H and O–H groups in total. The second-order valence-corrected chi connectivity index (χ2v) is 4.57. The summed E-state index contributed by atoms with van der Waals surface area (Å²) in [6, 6.07) is 11.2. The number of halogens is 2. The van der Waals surface area contributed by atoms with Crippen molar-refractivity contribution in [3.05, 3.63) is 53.3 Å². The van der Waals surface area contributed by atoms with Gasteiger partial charge in [0, 0.05) is 10.7 Å². The van der Waals surface area contributed by atoms with Gasteiger partial charge in [-0.05, 0) is 46.8 Å². The molecule has 5 nitrogen and oxygen atoms in total. The molecular weight excluding hydrogens is 281 g/mol. The second kappa shape index (κ2) is 4.90. The van der Waals surface area contributed by atoms with Crippen molar-refractivity contribution in [1.29, 1.82) is 0 Å². The molecule has 0 spiro atoms. The molecule has 7 heteroatoms. The summed E-state index contributed by atoms with van der Waals surface area (Å²) in [7, 11) is 0. The molecule has 20 heavy (non-hydrogen) atoms. The monoisotopic (exact) mass is 289 g/mol. The van der Waals surface area contributed by atoms with Gasteiger partial charge in [-0.15, -0.1) is 5.10 Å². The van der Waals surface area contributed by atoms with E-state index in [1.807, 2.05) is 0 Å². The van der Waals surface area contributed by atoms with Crippen LogP contribution in [0.4, 0.5) is 10.1 Å². The van der Waals surface area contributed by atoms with Gasteiger partial charge in [0.15, 0.2) is 5.82 Å². The lowest BCUT2D eigenvalue weighted by molar-refractivity contribution is 0.629. The van der Waals surface area contributed by atoms with E-state index in [2.05, 4.69) is 15.5 Å². The van der Waals surface area contributed by atoms with E-state index in [0.29, 0.717) is 16.4 Å². The van der Waals surface area contributed by atoms with E-state index in [4.69, 9.17) is 17.3 Å². The van der Waals surface area contributed by atoms with Crippen LogP contribution >= 0.6 is 11.6 Å². The average molecular weight is 290 g/mol. The third-order valence-corrected chi connectivity index (χ3v) is 2.99. The molecule has 3 rings (SSSR count). The lowest BCUT2D eigenvalue weighted by Crippen LogP contribution is -2.01. The first-order chi connectivity index (χ1) is 9.65. The van der Waals surface area contributed by atoms with E-state index in [-0.39, 0.29) is 11.4 Å². The van der Waals surface area contributed by atoms with Crippen LogP contribution in [0, 0.1) is 5.82 Å². The third-order valence-electron chi connectivity index (χ3n) is 2.75. The van der Waals surface area contributed by atoms with Crippen LogP contribution < -0.4 is 5.73 Å². The molecule has 0 bridgehead atoms. The number of anilines is 1. The number of nitrogens with zero attached hydrogens (tertiary/aromatic N) is 4. The highest BCUT2D eigenvalue weighted by Crippen LogP contribution is 2.25. The molecule has 1 aromatic heterocycles. The second-order valence-electron chi connectivity index (χ2n) is 4.13. The van der Waals surface area contributed by atoms with E-state index >= 15 is 0 Å². The van der Waals surface area contributed by atoms with E-state index < -0.39 is 5.82 Å². The zero-order valence-electron chi connectivity index (χ0n) is 10.2. The van der Waals surface area contributed by atoms with Gasteiger partial charge in [-0.3, -0.25) is 0 Å². The van der Waals surface area contributed by atoms with Crippen molar-refractivity contribution >= 4 is 17.3 Å². The highest BCUT2D eigenvalue weighted by molar-refractivity contribution is 6.30. The maximum atomic E-state index is 13.9. The predicted molar refractivity (Wildman–Crippen MR) is 74.0 cm³/mol. The lowest BCUT2D eigenvalue weighted by atomic mass is 10.1. The molecule has 2 aromatic carbocycles. The molecule has 0 saturated carbocycles. The Morgan fingerprint density at radius 3 is 2.80 bits per heavy atom. The molecule has 0 aliphatic rings. The van der Waals surface area contributed by atoms with Gasteiger partial charge in [0.2, 0.25) is 0 Å². The normalized spacial score (nSPS) is 10.7. The van der Waals surface area contributed by atoms with Crippen LogP contribution in [0.25, 0.3) is 17.1 Å². The Labute approximate surface area is 118 Å². The summed E-state index contributed by atoms with van der Waals surface area (Å²) in [6.45, 7) is 0. The Bertz CT molecular complexity index is 771. The number of nitrogens with two attached hydrogens (primary N) is 1. The van der Waals surface area contributed by atoms with Gasteiger partial charge in [-0.2, -0.15) is 4.68 Å². The molecule has 0 atom stereocenters. The summed E-state index contributed by atoms with van der Waals surface area (Å²) in [5.74, 6) is -0.186. The first-order valence-corrected chi connectivity index (χ1v) is 6.12. The third kappa shape index (κ3) is 2.21. The van der Waals surface area contributed by atoms with Crippen molar-refractivity contribution in [2.75, 3.05) is 5.73 Å². The van der Waals surface area contributed by atoms with E-state index in [1.165, 1.54) is 22.9 Å². The van der Waals surface area contributed by atoms with Crippen molar-refractivity contribution in [3.63, 3.8) is 0 Å². The summed E-state index contributed by atoms with van der Waals surface area (Å²) >= 11 is 5.94. The molecule has 0 unspecified atom stereocenters. The molecular formula is C13H9ClFN5. The van der Waals surface area contributed by atoms with Gasteiger partial charge in [0.25, 0.3) is 0 Å². The number of hydrogen-bond acceptors (Lipinski definition) is 4. The Morgan fingerprint density at radius 2 is 2.00 bits per heavy atom. The van der Waals surface area contributed by atoms with Crippen molar-refractivity contribution in [2.45, 2.75) is 0 Å². The van der Waals surface area contributed by atoms with Crippen molar-refractivity contribution < 1.29 is 4.39 Å². The zero-order chi connectivity index (χ0) is 14.1.